The van der Waals surface area contributed by atoms with E-state index in [2.05, 4.69) is 31.4 Å². The standard InChI is InChI=1S/C22H25BrN4O3S/c1-5-27-19(12-30-18-9-7-6-8-17(18)29-4)25-26-22(27)31-13-20(28)24-21-14(2)10-16(23)11-15(21)3/h6-11H,5,12-13H2,1-4H3,(H,24,28). The number of benzene rings is 2. The molecule has 0 saturated carbocycles. The van der Waals surface area contributed by atoms with Gasteiger partial charge in [0.2, 0.25) is 5.91 Å². The van der Waals surface area contributed by atoms with Gasteiger partial charge in [0.25, 0.3) is 0 Å². The highest BCUT2D eigenvalue weighted by Crippen LogP contribution is 2.28. The van der Waals surface area contributed by atoms with E-state index in [-0.39, 0.29) is 18.3 Å². The Morgan fingerprint density at radius 2 is 1.84 bits per heavy atom. The van der Waals surface area contributed by atoms with Crippen LogP contribution in [-0.2, 0) is 17.9 Å². The van der Waals surface area contributed by atoms with Crippen molar-refractivity contribution < 1.29 is 14.3 Å². The predicted molar refractivity (Wildman–Crippen MR) is 126 cm³/mol. The van der Waals surface area contributed by atoms with Crippen molar-refractivity contribution in [1.82, 2.24) is 14.8 Å². The van der Waals surface area contributed by atoms with Gasteiger partial charge in [0.1, 0.15) is 6.61 Å². The van der Waals surface area contributed by atoms with E-state index in [0.29, 0.717) is 29.0 Å². The van der Waals surface area contributed by atoms with Crippen molar-refractivity contribution >= 4 is 39.3 Å². The molecule has 0 radical (unpaired) electrons. The van der Waals surface area contributed by atoms with Crippen LogP contribution >= 0.6 is 27.7 Å². The minimum atomic E-state index is -0.0870. The molecule has 1 N–H and O–H groups in total. The maximum atomic E-state index is 12.5. The van der Waals surface area contributed by atoms with Gasteiger partial charge in [-0.2, -0.15) is 0 Å². The molecule has 31 heavy (non-hydrogen) atoms. The maximum absolute atomic E-state index is 12.5. The molecule has 3 rings (SSSR count). The Morgan fingerprint density at radius 1 is 1.16 bits per heavy atom. The van der Waals surface area contributed by atoms with Crippen molar-refractivity contribution in [2.24, 2.45) is 0 Å². The quantitative estimate of drug-likeness (QED) is 0.413. The molecule has 0 aliphatic carbocycles. The van der Waals surface area contributed by atoms with E-state index in [0.717, 1.165) is 21.3 Å². The van der Waals surface area contributed by atoms with E-state index in [4.69, 9.17) is 9.47 Å². The Balaban J connectivity index is 1.62. The number of aromatic nitrogens is 3. The Hall–Kier alpha value is -2.52. The number of amides is 1. The molecular weight excluding hydrogens is 480 g/mol. The molecule has 3 aromatic rings. The number of methoxy groups -OCH3 is 1. The van der Waals surface area contributed by atoms with Crippen molar-refractivity contribution in [3.8, 4) is 11.5 Å². The van der Waals surface area contributed by atoms with E-state index >= 15 is 0 Å². The first-order valence-electron chi connectivity index (χ1n) is 9.80. The summed E-state index contributed by atoms with van der Waals surface area (Å²) >= 11 is 4.83. The Labute approximate surface area is 194 Å². The maximum Gasteiger partial charge on any atom is 0.234 e. The van der Waals surface area contributed by atoms with Gasteiger partial charge in [0.15, 0.2) is 22.5 Å². The van der Waals surface area contributed by atoms with Gasteiger partial charge >= 0.3 is 0 Å². The van der Waals surface area contributed by atoms with Gasteiger partial charge in [-0.15, -0.1) is 10.2 Å². The van der Waals surface area contributed by atoms with E-state index in [1.54, 1.807) is 7.11 Å². The number of thioether (sulfide) groups is 1. The molecule has 0 fully saturated rings. The minimum absolute atomic E-state index is 0.0870. The number of nitrogens with zero attached hydrogens (tertiary/aromatic N) is 3. The first kappa shape index (κ1) is 23.1. The highest BCUT2D eigenvalue weighted by molar-refractivity contribution is 9.10. The van der Waals surface area contributed by atoms with E-state index in [1.807, 2.05) is 61.7 Å². The third-order valence-electron chi connectivity index (χ3n) is 4.63. The lowest BCUT2D eigenvalue weighted by atomic mass is 10.1. The van der Waals surface area contributed by atoms with Gasteiger partial charge in [-0.25, -0.2) is 0 Å². The zero-order valence-corrected chi connectivity index (χ0v) is 20.3. The van der Waals surface area contributed by atoms with Crippen LogP contribution in [0.1, 0.15) is 23.9 Å². The number of nitrogens with one attached hydrogen (secondary N) is 1. The molecule has 9 heteroatoms. The first-order chi connectivity index (χ1) is 14.9. The van der Waals surface area contributed by atoms with Crippen LogP contribution in [0, 0.1) is 13.8 Å². The molecule has 7 nitrogen and oxygen atoms in total. The topological polar surface area (TPSA) is 78.3 Å². The number of carbonyl (C=O) groups is 1. The zero-order valence-electron chi connectivity index (χ0n) is 17.9. The van der Waals surface area contributed by atoms with E-state index in [1.165, 1.54) is 11.8 Å². The summed E-state index contributed by atoms with van der Waals surface area (Å²) in [6.07, 6.45) is 0. The summed E-state index contributed by atoms with van der Waals surface area (Å²) < 4.78 is 14.1. The zero-order chi connectivity index (χ0) is 22.4. The molecule has 164 valence electrons. The Morgan fingerprint density at radius 3 is 2.48 bits per heavy atom. The number of hydrogen-bond donors (Lipinski definition) is 1. The Bertz CT molecular complexity index is 1050. The van der Waals surface area contributed by atoms with Gasteiger partial charge in [0.05, 0.1) is 12.9 Å². The lowest BCUT2D eigenvalue weighted by molar-refractivity contribution is -0.113. The number of ether oxygens (including phenoxy) is 2. The molecule has 0 bridgehead atoms. The smallest absolute Gasteiger partial charge is 0.234 e. The third kappa shape index (κ3) is 5.80. The number of halogens is 1. The second-order valence-electron chi connectivity index (χ2n) is 6.83. The van der Waals surface area contributed by atoms with Crippen molar-refractivity contribution in [3.63, 3.8) is 0 Å². The predicted octanol–water partition coefficient (Wildman–Crippen LogP) is 5.00. The average molecular weight is 505 g/mol. The van der Waals surface area contributed by atoms with Crippen LogP contribution in [0.5, 0.6) is 11.5 Å². The van der Waals surface area contributed by atoms with Crippen LogP contribution in [0.4, 0.5) is 5.69 Å². The molecule has 0 aliphatic heterocycles. The highest BCUT2D eigenvalue weighted by Gasteiger charge is 2.15. The fourth-order valence-corrected chi connectivity index (χ4v) is 4.65. The van der Waals surface area contributed by atoms with Crippen molar-refractivity contribution in [2.45, 2.75) is 39.1 Å². The number of aryl methyl sites for hydroxylation is 2. The first-order valence-corrected chi connectivity index (χ1v) is 11.6. The summed E-state index contributed by atoms with van der Waals surface area (Å²) in [5, 5.41) is 12.2. The molecule has 0 aliphatic rings. The van der Waals surface area contributed by atoms with E-state index < -0.39 is 0 Å². The van der Waals surface area contributed by atoms with Crippen LogP contribution in [0.25, 0.3) is 0 Å². The summed E-state index contributed by atoms with van der Waals surface area (Å²) in [7, 11) is 1.60. The summed E-state index contributed by atoms with van der Waals surface area (Å²) in [5.74, 6) is 2.15. The lowest BCUT2D eigenvalue weighted by Crippen LogP contribution is -2.16. The SMILES string of the molecule is CCn1c(COc2ccccc2OC)nnc1SCC(=O)Nc1c(C)cc(Br)cc1C. The number of hydrogen-bond acceptors (Lipinski definition) is 6. The third-order valence-corrected chi connectivity index (χ3v) is 6.05. The summed E-state index contributed by atoms with van der Waals surface area (Å²) in [4.78, 5) is 12.5. The van der Waals surface area contributed by atoms with E-state index in [9.17, 15) is 4.79 Å². The van der Waals surface area contributed by atoms with Gasteiger partial charge in [0, 0.05) is 16.7 Å². The molecule has 1 amide bonds. The summed E-state index contributed by atoms with van der Waals surface area (Å²) in [6, 6.07) is 11.4. The van der Waals surface area contributed by atoms with Crippen LogP contribution in [0.15, 0.2) is 46.0 Å². The van der Waals surface area contributed by atoms with Gasteiger partial charge in [-0.3, -0.25) is 4.79 Å². The molecule has 1 heterocycles. The molecule has 0 unspecified atom stereocenters. The van der Waals surface area contributed by atoms with Crippen LogP contribution in [0.2, 0.25) is 0 Å². The summed E-state index contributed by atoms with van der Waals surface area (Å²) in [5.41, 5.74) is 2.87. The van der Waals surface area contributed by atoms with Crippen molar-refractivity contribution in [2.75, 3.05) is 18.2 Å². The monoisotopic (exact) mass is 504 g/mol. The number of anilines is 1. The second-order valence-corrected chi connectivity index (χ2v) is 8.69. The van der Waals surface area contributed by atoms with Crippen LogP contribution in [-0.4, -0.2) is 33.5 Å². The van der Waals surface area contributed by atoms with Crippen LogP contribution in [0.3, 0.4) is 0 Å². The van der Waals surface area contributed by atoms with Crippen molar-refractivity contribution in [1.29, 1.82) is 0 Å². The van der Waals surface area contributed by atoms with Gasteiger partial charge in [-0.05, 0) is 56.2 Å². The molecule has 2 aromatic carbocycles. The number of carbonyl (C=O) groups excluding carboxylic acids is 1. The summed E-state index contributed by atoms with van der Waals surface area (Å²) in [6.45, 7) is 6.89. The number of para-hydroxylation sites is 2. The van der Waals surface area contributed by atoms with Gasteiger partial charge in [-0.1, -0.05) is 39.8 Å². The second kappa shape index (κ2) is 10.7. The minimum Gasteiger partial charge on any atom is -0.493 e. The van der Waals surface area contributed by atoms with Crippen LogP contribution < -0.4 is 14.8 Å². The highest BCUT2D eigenvalue weighted by atomic mass is 79.9. The normalized spacial score (nSPS) is 10.7. The fourth-order valence-electron chi connectivity index (χ4n) is 3.14. The number of rotatable bonds is 9. The largest absolute Gasteiger partial charge is 0.493 e. The molecule has 0 spiro atoms. The average Bonchev–Trinajstić information content (AvgIpc) is 3.15. The lowest BCUT2D eigenvalue weighted by Gasteiger charge is -2.13. The molecule has 0 atom stereocenters. The molecule has 0 saturated heterocycles. The fraction of sp³-hybridized carbons (Fsp3) is 0.318. The molecular formula is C22H25BrN4O3S. The molecule has 1 aromatic heterocycles. The Kier molecular flexibility index (Phi) is 7.97. The van der Waals surface area contributed by atoms with Crippen molar-refractivity contribution in [3.05, 3.63) is 57.8 Å². The van der Waals surface area contributed by atoms with Gasteiger partial charge < -0.3 is 19.4 Å².